The maximum atomic E-state index is 13.4. The van der Waals surface area contributed by atoms with Crippen LogP contribution in [0.25, 0.3) is 43.6 Å². The van der Waals surface area contributed by atoms with Crippen molar-refractivity contribution in [2.45, 2.75) is 13.3 Å². The molecule has 2 aromatic heterocycles. The van der Waals surface area contributed by atoms with E-state index < -0.39 is 0 Å². The molecule has 0 fully saturated rings. The molecule has 0 radical (unpaired) electrons. The molecule has 0 atom stereocenters. The normalized spacial score (nSPS) is 11.7. The Hall–Kier alpha value is -3.60. The number of para-hydroxylation sites is 2. The quantitative estimate of drug-likeness (QED) is 0.470. The predicted molar refractivity (Wildman–Crippen MR) is 121 cm³/mol. The van der Waals surface area contributed by atoms with Crippen LogP contribution in [0.1, 0.15) is 12.5 Å². The number of aromatic amines is 1. The highest BCUT2D eigenvalue weighted by Gasteiger charge is 2.17. The fraction of sp³-hybridized carbons (Fsp3) is 0.167. The molecule has 29 heavy (non-hydrogen) atoms. The minimum absolute atomic E-state index is 0.0145. The lowest BCUT2D eigenvalue weighted by molar-refractivity contribution is 0.779. The number of benzene rings is 3. The Morgan fingerprint density at radius 1 is 0.828 bits per heavy atom. The number of fused-ring (bicyclic) bond motifs is 4. The summed E-state index contributed by atoms with van der Waals surface area (Å²) in [7, 11) is 3.90. The molecule has 1 N–H and O–H groups in total. The van der Waals surface area contributed by atoms with E-state index in [2.05, 4.69) is 18.0 Å². The van der Waals surface area contributed by atoms with E-state index in [1.54, 1.807) is 0 Å². The first-order valence-electron chi connectivity index (χ1n) is 9.74. The van der Waals surface area contributed by atoms with Crippen molar-refractivity contribution in [2.75, 3.05) is 19.1 Å². The molecule has 0 spiro atoms. The molecule has 0 saturated carbocycles. The third-order valence-corrected chi connectivity index (χ3v) is 5.65. The van der Waals surface area contributed by atoms with E-state index in [0.29, 0.717) is 27.1 Å². The summed E-state index contributed by atoms with van der Waals surface area (Å²) < 4.78 is 2.04. The van der Waals surface area contributed by atoms with E-state index in [0.717, 1.165) is 28.5 Å². The average molecular weight is 383 g/mol. The maximum Gasteiger partial charge on any atom is 0.197 e. The highest BCUT2D eigenvalue weighted by Crippen LogP contribution is 2.26. The van der Waals surface area contributed by atoms with Gasteiger partial charge in [-0.3, -0.25) is 14.3 Å². The summed E-state index contributed by atoms with van der Waals surface area (Å²) in [5.41, 5.74) is 4.14. The highest BCUT2D eigenvalue weighted by molar-refractivity contribution is 6.03. The summed E-state index contributed by atoms with van der Waals surface area (Å²) in [6.07, 6.45) is 0.814. The summed E-state index contributed by atoms with van der Waals surface area (Å²) >= 11 is 0. The number of aromatic nitrogens is 2. The molecule has 0 amide bonds. The van der Waals surface area contributed by atoms with Gasteiger partial charge in [-0.15, -0.1) is 0 Å². The number of nitrogens with zero attached hydrogens (tertiary/aromatic N) is 2. The Labute approximate surface area is 166 Å². The van der Waals surface area contributed by atoms with Crippen molar-refractivity contribution < 1.29 is 0 Å². The molecule has 5 heteroatoms. The summed E-state index contributed by atoms with van der Waals surface area (Å²) in [4.78, 5) is 29.9. The number of hydrogen-bond acceptors (Lipinski definition) is 3. The molecule has 0 aliphatic rings. The number of hydrogen-bond donors (Lipinski definition) is 1. The monoisotopic (exact) mass is 383 g/mol. The van der Waals surface area contributed by atoms with Gasteiger partial charge in [0.15, 0.2) is 10.9 Å². The molecule has 5 rings (SSSR count). The van der Waals surface area contributed by atoms with Gasteiger partial charge in [0.05, 0.1) is 21.9 Å². The zero-order chi connectivity index (χ0) is 20.3. The summed E-state index contributed by atoms with van der Waals surface area (Å²) in [5.74, 6) is 0. The summed E-state index contributed by atoms with van der Waals surface area (Å²) in [6.45, 7) is 2.08. The number of rotatable bonds is 2. The Balaban J connectivity index is 2.09. The van der Waals surface area contributed by atoms with Gasteiger partial charge in [-0.1, -0.05) is 31.2 Å². The lowest BCUT2D eigenvalue weighted by Crippen LogP contribution is -2.28. The zero-order valence-electron chi connectivity index (χ0n) is 16.6. The van der Waals surface area contributed by atoms with Crippen molar-refractivity contribution in [2.24, 2.45) is 0 Å². The van der Waals surface area contributed by atoms with Crippen molar-refractivity contribution >= 4 is 43.6 Å². The van der Waals surface area contributed by atoms with Gasteiger partial charge in [-0.2, -0.15) is 0 Å². The predicted octanol–water partition coefficient (Wildman–Crippen LogP) is 3.91. The van der Waals surface area contributed by atoms with Gasteiger partial charge in [0.25, 0.3) is 0 Å². The van der Waals surface area contributed by atoms with Crippen LogP contribution in [0.15, 0.2) is 64.2 Å². The topological polar surface area (TPSA) is 58.1 Å². The summed E-state index contributed by atoms with van der Waals surface area (Å²) in [5, 5.41) is 4.48. The van der Waals surface area contributed by atoms with Crippen LogP contribution in [0.3, 0.4) is 0 Å². The Morgan fingerprint density at radius 3 is 2.31 bits per heavy atom. The second-order valence-electron chi connectivity index (χ2n) is 7.57. The fourth-order valence-electron chi connectivity index (χ4n) is 4.31. The number of pyridine rings is 2. The van der Waals surface area contributed by atoms with Crippen molar-refractivity contribution in [1.29, 1.82) is 0 Å². The number of H-pyrrole nitrogens is 1. The first-order chi connectivity index (χ1) is 14.0. The van der Waals surface area contributed by atoms with E-state index in [1.165, 1.54) is 0 Å². The van der Waals surface area contributed by atoms with Crippen molar-refractivity contribution in [3.8, 4) is 0 Å². The SMILES string of the molecule is CCc1cccc2c(=O)c3cc4[nH]c5ccccc5c(=O)c4cc3n(N(C)C)c12. The lowest BCUT2D eigenvalue weighted by atomic mass is 10.0. The van der Waals surface area contributed by atoms with Crippen LogP contribution in [0.2, 0.25) is 0 Å². The molecule has 0 aliphatic heterocycles. The average Bonchev–Trinajstić information content (AvgIpc) is 2.73. The Morgan fingerprint density at radius 2 is 1.55 bits per heavy atom. The third kappa shape index (κ3) is 2.40. The van der Waals surface area contributed by atoms with Gasteiger partial charge in [0.2, 0.25) is 0 Å². The standard InChI is InChI=1S/C24H21N3O2/c1-4-14-8-7-10-16-22(14)27(26(2)3)21-13-17-20(12-18(21)24(16)29)25-19-11-6-5-9-15(19)23(17)28/h5-13H,4H2,1-3H3,(H,25,28). The minimum atomic E-state index is -0.0297. The number of nitrogens with one attached hydrogen (secondary N) is 1. The van der Waals surface area contributed by atoms with Gasteiger partial charge >= 0.3 is 0 Å². The molecule has 3 aromatic carbocycles. The van der Waals surface area contributed by atoms with Gasteiger partial charge in [-0.05, 0) is 42.3 Å². The molecule has 2 heterocycles. The van der Waals surface area contributed by atoms with E-state index >= 15 is 0 Å². The second kappa shape index (κ2) is 6.21. The molecular formula is C24H21N3O2. The molecule has 0 saturated heterocycles. The van der Waals surface area contributed by atoms with E-state index in [4.69, 9.17) is 0 Å². The summed E-state index contributed by atoms with van der Waals surface area (Å²) in [6, 6.07) is 17.0. The Kier molecular flexibility index (Phi) is 3.74. The van der Waals surface area contributed by atoms with Crippen LogP contribution in [0, 0.1) is 0 Å². The van der Waals surface area contributed by atoms with E-state index in [-0.39, 0.29) is 10.9 Å². The van der Waals surface area contributed by atoms with Crippen LogP contribution < -0.4 is 15.9 Å². The van der Waals surface area contributed by atoms with Gasteiger partial charge in [-0.25, -0.2) is 0 Å². The van der Waals surface area contributed by atoms with E-state index in [1.807, 2.05) is 72.3 Å². The van der Waals surface area contributed by atoms with Crippen LogP contribution in [-0.4, -0.2) is 23.8 Å². The maximum absolute atomic E-state index is 13.4. The lowest BCUT2D eigenvalue weighted by Gasteiger charge is -2.24. The molecule has 144 valence electrons. The third-order valence-electron chi connectivity index (χ3n) is 5.65. The first kappa shape index (κ1) is 17.5. The molecule has 5 aromatic rings. The second-order valence-corrected chi connectivity index (χ2v) is 7.57. The van der Waals surface area contributed by atoms with Crippen molar-refractivity contribution in [3.05, 3.63) is 80.6 Å². The van der Waals surface area contributed by atoms with Crippen LogP contribution >= 0.6 is 0 Å². The van der Waals surface area contributed by atoms with Gasteiger partial charge in [0.1, 0.15) is 0 Å². The Bertz CT molecular complexity index is 1560. The molecule has 0 unspecified atom stereocenters. The highest BCUT2D eigenvalue weighted by atomic mass is 16.1. The molecule has 0 aliphatic carbocycles. The largest absolute Gasteiger partial charge is 0.354 e. The smallest absolute Gasteiger partial charge is 0.197 e. The van der Waals surface area contributed by atoms with Crippen LogP contribution in [0.5, 0.6) is 0 Å². The first-order valence-corrected chi connectivity index (χ1v) is 9.74. The molecule has 5 nitrogen and oxygen atoms in total. The van der Waals surface area contributed by atoms with Gasteiger partial charge < -0.3 is 9.99 Å². The van der Waals surface area contributed by atoms with E-state index in [9.17, 15) is 9.59 Å². The minimum Gasteiger partial charge on any atom is -0.354 e. The molecule has 0 bridgehead atoms. The van der Waals surface area contributed by atoms with Gasteiger partial charge in [0, 0.05) is 35.8 Å². The zero-order valence-corrected chi connectivity index (χ0v) is 16.6. The van der Waals surface area contributed by atoms with Crippen molar-refractivity contribution in [1.82, 2.24) is 9.66 Å². The van der Waals surface area contributed by atoms with Crippen LogP contribution in [-0.2, 0) is 6.42 Å². The molecular weight excluding hydrogens is 362 g/mol. The number of aryl methyl sites for hydroxylation is 1. The van der Waals surface area contributed by atoms with Crippen LogP contribution in [0.4, 0.5) is 0 Å². The van der Waals surface area contributed by atoms with Crippen molar-refractivity contribution in [3.63, 3.8) is 0 Å². The fourth-order valence-corrected chi connectivity index (χ4v) is 4.31.